The molecule has 1 aliphatic rings. The van der Waals surface area contributed by atoms with Gasteiger partial charge in [-0.2, -0.15) is 0 Å². The van der Waals surface area contributed by atoms with Crippen LogP contribution >= 0.6 is 22.7 Å². The van der Waals surface area contributed by atoms with Gasteiger partial charge in [0.2, 0.25) is 0 Å². The molecule has 2 aromatic rings. The van der Waals surface area contributed by atoms with Crippen LogP contribution in [-0.2, 0) is 13.1 Å². The van der Waals surface area contributed by atoms with Crippen molar-refractivity contribution >= 4 is 27.8 Å². The Morgan fingerprint density at radius 2 is 2.26 bits per heavy atom. The summed E-state index contributed by atoms with van der Waals surface area (Å²) in [6.07, 6.45) is 4.65. The van der Waals surface area contributed by atoms with Gasteiger partial charge in [0.1, 0.15) is 0 Å². The lowest BCUT2D eigenvalue weighted by Crippen LogP contribution is -2.15. The number of aromatic nitrogens is 2. The monoisotopic (exact) mass is 294 g/mol. The zero-order chi connectivity index (χ0) is 13.2. The van der Waals surface area contributed by atoms with E-state index in [9.17, 15) is 0 Å². The summed E-state index contributed by atoms with van der Waals surface area (Å²) in [5.74, 6) is 0. The fraction of sp³-hybridized carbons (Fsp3) is 0.538. The van der Waals surface area contributed by atoms with Crippen molar-refractivity contribution in [3.63, 3.8) is 0 Å². The Morgan fingerprint density at radius 3 is 2.95 bits per heavy atom. The number of nitrogens with one attached hydrogen (secondary N) is 1. The Hall–Kier alpha value is -0.980. The maximum atomic E-state index is 4.51. The second-order valence-electron chi connectivity index (χ2n) is 4.98. The van der Waals surface area contributed by atoms with Gasteiger partial charge in [-0.1, -0.05) is 0 Å². The number of rotatable bonds is 6. The number of anilines is 1. The van der Waals surface area contributed by atoms with Crippen LogP contribution in [0.2, 0.25) is 0 Å². The van der Waals surface area contributed by atoms with Crippen molar-refractivity contribution < 1.29 is 0 Å². The molecule has 1 fully saturated rings. The van der Waals surface area contributed by atoms with Crippen molar-refractivity contribution in [2.24, 2.45) is 0 Å². The third kappa shape index (κ3) is 3.32. The first-order valence-corrected chi connectivity index (χ1v) is 8.20. The van der Waals surface area contributed by atoms with Crippen molar-refractivity contribution in [3.05, 3.63) is 27.2 Å². The zero-order valence-electron chi connectivity index (χ0n) is 11.2. The normalized spacial score (nSPS) is 14.8. The van der Waals surface area contributed by atoms with E-state index in [1.54, 1.807) is 22.7 Å². The molecule has 0 aromatic carbocycles. The Morgan fingerprint density at radius 1 is 1.42 bits per heavy atom. The van der Waals surface area contributed by atoms with Crippen LogP contribution in [0.5, 0.6) is 0 Å². The highest BCUT2D eigenvalue weighted by Crippen LogP contribution is 2.26. The third-order valence-corrected chi connectivity index (χ3v) is 5.27. The average molecular weight is 294 g/mol. The van der Waals surface area contributed by atoms with E-state index in [0.29, 0.717) is 0 Å². The molecule has 4 nitrogen and oxygen atoms in total. The molecule has 0 amide bonds. The summed E-state index contributed by atoms with van der Waals surface area (Å²) in [4.78, 5) is 13.6. The van der Waals surface area contributed by atoms with Crippen LogP contribution < -0.4 is 10.2 Å². The van der Waals surface area contributed by atoms with Crippen LogP contribution in [0.4, 0.5) is 5.13 Å². The molecule has 3 rings (SSSR count). The summed E-state index contributed by atoms with van der Waals surface area (Å²) in [5, 5.41) is 4.61. The van der Waals surface area contributed by atoms with Gasteiger partial charge < -0.3 is 10.2 Å². The topological polar surface area (TPSA) is 41.1 Å². The highest BCUT2D eigenvalue weighted by atomic mass is 32.1. The minimum absolute atomic E-state index is 0.753. The summed E-state index contributed by atoms with van der Waals surface area (Å²) >= 11 is 3.49. The van der Waals surface area contributed by atoms with Gasteiger partial charge in [0.25, 0.3) is 0 Å². The Balaban J connectivity index is 1.59. The quantitative estimate of drug-likeness (QED) is 0.889. The minimum atomic E-state index is 0.753. The van der Waals surface area contributed by atoms with E-state index < -0.39 is 0 Å². The molecule has 1 N–H and O–H groups in total. The van der Waals surface area contributed by atoms with Crippen LogP contribution in [0.3, 0.4) is 0 Å². The van der Waals surface area contributed by atoms with Gasteiger partial charge in [-0.3, -0.25) is 0 Å². The molecule has 0 spiro atoms. The van der Waals surface area contributed by atoms with E-state index >= 15 is 0 Å². The number of hydrogen-bond donors (Lipinski definition) is 1. The van der Waals surface area contributed by atoms with Crippen LogP contribution in [0.25, 0.3) is 0 Å². The highest BCUT2D eigenvalue weighted by Gasteiger charge is 2.20. The fourth-order valence-corrected chi connectivity index (χ4v) is 3.50. The van der Waals surface area contributed by atoms with Gasteiger partial charge in [-0.15, -0.1) is 22.7 Å². The van der Waals surface area contributed by atoms with E-state index in [4.69, 9.17) is 0 Å². The molecule has 1 saturated carbocycles. The molecule has 2 aromatic heterocycles. The van der Waals surface area contributed by atoms with Crippen molar-refractivity contribution in [2.45, 2.75) is 38.9 Å². The summed E-state index contributed by atoms with van der Waals surface area (Å²) in [6.45, 7) is 3.90. The largest absolute Gasteiger partial charge is 0.346 e. The molecule has 0 bridgehead atoms. The van der Waals surface area contributed by atoms with Gasteiger partial charge in [-0.05, 0) is 19.8 Å². The third-order valence-electron chi connectivity index (χ3n) is 3.24. The van der Waals surface area contributed by atoms with Crippen molar-refractivity contribution in [3.8, 4) is 0 Å². The summed E-state index contributed by atoms with van der Waals surface area (Å²) in [6, 6.07) is 0.753. The molecule has 0 aliphatic heterocycles. The number of nitrogens with zero attached hydrogens (tertiary/aromatic N) is 3. The Bertz CT molecular complexity index is 544. The molecule has 1 aliphatic carbocycles. The lowest BCUT2D eigenvalue weighted by atomic mass is 10.4. The van der Waals surface area contributed by atoms with E-state index in [2.05, 4.69) is 34.2 Å². The minimum Gasteiger partial charge on any atom is -0.346 e. The van der Waals surface area contributed by atoms with Crippen LogP contribution in [-0.4, -0.2) is 23.1 Å². The molecule has 2 heterocycles. The average Bonchev–Trinajstić information content (AvgIpc) is 2.96. The van der Waals surface area contributed by atoms with Gasteiger partial charge in [0.05, 0.1) is 17.7 Å². The lowest BCUT2D eigenvalue weighted by molar-refractivity contribution is 0.694. The second-order valence-corrected chi connectivity index (χ2v) is 7.01. The van der Waals surface area contributed by atoms with E-state index in [0.717, 1.165) is 30.0 Å². The van der Waals surface area contributed by atoms with Crippen LogP contribution in [0.1, 0.15) is 28.3 Å². The lowest BCUT2D eigenvalue weighted by Gasteiger charge is -2.14. The van der Waals surface area contributed by atoms with Crippen molar-refractivity contribution in [1.82, 2.24) is 15.3 Å². The molecule has 102 valence electrons. The zero-order valence-corrected chi connectivity index (χ0v) is 12.9. The molecular formula is C13H18N4S2. The molecule has 0 radical (unpaired) electrons. The summed E-state index contributed by atoms with van der Waals surface area (Å²) < 4.78 is 0. The van der Waals surface area contributed by atoms with Crippen molar-refractivity contribution in [1.29, 1.82) is 0 Å². The van der Waals surface area contributed by atoms with Gasteiger partial charge in [-0.25, -0.2) is 9.97 Å². The first-order valence-electron chi connectivity index (χ1n) is 6.50. The molecular weight excluding hydrogens is 276 g/mol. The van der Waals surface area contributed by atoms with E-state index in [-0.39, 0.29) is 0 Å². The number of thiazole rings is 2. The smallest absolute Gasteiger partial charge is 0.185 e. The summed E-state index contributed by atoms with van der Waals surface area (Å²) in [7, 11) is 2.09. The van der Waals surface area contributed by atoms with Gasteiger partial charge >= 0.3 is 0 Å². The van der Waals surface area contributed by atoms with Crippen LogP contribution in [0, 0.1) is 6.92 Å². The Kier molecular flexibility index (Phi) is 3.81. The maximum absolute atomic E-state index is 4.51. The van der Waals surface area contributed by atoms with E-state index in [1.807, 2.05) is 11.7 Å². The SMILES string of the molecule is Cc1ncsc1CN(C)c1ncc(CNC2CC2)s1. The standard InChI is InChI=1S/C13H18N4S2/c1-9-12(18-8-16-9)7-17(2)13-15-6-11(19-13)5-14-10-3-4-10/h6,8,10,14H,3-5,7H2,1-2H3. The maximum Gasteiger partial charge on any atom is 0.185 e. The van der Waals surface area contributed by atoms with E-state index in [1.165, 1.54) is 22.6 Å². The number of hydrogen-bond acceptors (Lipinski definition) is 6. The first-order chi connectivity index (χ1) is 9.22. The molecule has 6 heteroatoms. The van der Waals surface area contributed by atoms with Crippen molar-refractivity contribution in [2.75, 3.05) is 11.9 Å². The Labute approximate surface area is 121 Å². The second kappa shape index (κ2) is 5.56. The molecule has 19 heavy (non-hydrogen) atoms. The molecule has 0 saturated heterocycles. The predicted molar refractivity (Wildman–Crippen MR) is 80.9 cm³/mol. The van der Waals surface area contributed by atoms with Gasteiger partial charge in [0, 0.05) is 35.6 Å². The van der Waals surface area contributed by atoms with Crippen LogP contribution in [0.15, 0.2) is 11.7 Å². The summed E-state index contributed by atoms with van der Waals surface area (Å²) in [5.41, 5.74) is 3.04. The molecule has 0 unspecified atom stereocenters. The number of aryl methyl sites for hydroxylation is 1. The first kappa shape index (κ1) is 13.0. The molecule has 0 atom stereocenters. The van der Waals surface area contributed by atoms with Gasteiger partial charge in [0.15, 0.2) is 5.13 Å². The highest BCUT2D eigenvalue weighted by molar-refractivity contribution is 7.15. The fourth-order valence-electron chi connectivity index (χ4n) is 1.85. The predicted octanol–water partition coefficient (Wildman–Crippen LogP) is 2.80.